The van der Waals surface area contributed by atoms with Gasteiger partial charge in [-0.2, -0.15) is 0 Å². The van der Waals surface area contributed by atoms with E-state index in [0.717, 1.165) is 14.5 Å². The van der Waals surface area contributed by atoms with E-state index in [1.54, 1.807) is 19.2 Å². The van der Waals surface area contributed by atoms with E-state index in [4.69, 9.17) is 10.6 Å². The molecular formula is C14H13Br2FN2O. The van der Waals surface area contributed by atoms with Gasteiger partial charge in [-0.15, -0.1) is 0 Å². The zero-order valence-corrected chi connectivity index (χ0v) is 13.8. The van der Waals surface area contributed by atoms with Gasteiger partial charge in [0, 0.05) is 14.5 Å². The Bertz CT molecular complexity index is 622. The lowest BCUT2D eigenvalue weighted by atomic mass is 9.98. The second-order valence-corrected chi connectivity index (χ2v) is 5.92. The first-order valence-corrected chi connectivity index (χ1v) is 7.40. The largest absolute Gasteiger partial charge is 0.497 e. The Morgan fingerprint density at radius 1 is 1.15 bits per heavy atom. The van der Waals surface area contributed by atoms with Crippen LogP contribution in [0.1, 0.15) is 17.2 Å². The minimum absolute atomic E-state index is 0.328. The Hall–Kier alpha value is -0.950. The summed E-state index contributed by atoms with van der Waals surface area (Å²) in [6.45, 7) is 0. The van der Waals surface area contributed by atoms with Crippen molar-refractivity contribution in [3.8, 4) is 5.75 Å². The van der Waals surface area contributed by atoms with Crippen LogP contribution in [0.2, 0.25) is 0 Å². The minimum atomic E-state index is -0.489. The van der Waals surface area contributed by atoms with Crippen LogP contribution >= 0.6 is 31.9 Å². The third-order valence-corrected chi connectivity index (χ3v) is 4.17. The molecule has 0 saturated carbocycles. The fourth-order valence-electron chi connectivity index (χ4n) is 1.95. The molecule has 1 unspecified atom stereocenters. The number of nitrogens with two attached hydrogens (primary N) is 1. The first kappa shape index (κ1) is 15.4. The monoisotopic (exact) mass is 402 g/mol. The Labute approximate surface area is 133 Å². The van der Waals surface area contributed by atoms with Gasteiger partial charge < -0.3 is 4.74 Å². The highest BCUT2D eigenvalue weighted by atomic mass is 79.9. The molecule has 3 N–H and O–H groups in total. The van der Waals surface area contributed by atoms with Gasteiger partial charge in [0.25, 0.3) is 0 Å². The van der Waals surface area contributed by atoms with Crippen molar-refractivity contribution < 1.29 is 9.13 Å². The molecule has 2 aromatic rings. The maximum absolute atomic E-state index is 14.0. The van der Waals surface area contributed by atoms with Crippen LogP contribution in [-0.4, -0.2) is 7.11 Å². The van der Waals surface area contributed by atoms with E-state index in [0.29, 0.717) is 11.3 Å². The van der Waals surface area contributed by atoms with Crippen LogP contribution in [0.5, 0.6) is 5.75 Å². The molecule has 20 heavy (non-hydrogen) atoms. The summed E-state index contributed by atoms with van der Waals surface area (Å²) in [6.07, 6.45) is 0. The summed E-state index contributed by atoms with van der Waals surface area (Å²) >= 11 is 6.80. The molecule has 0 bridgehead atoms. The minimum Gasteiger partial charge on any atom is -0.497 e. The lowest BCUT2D eigenvalue weighted by molar-refractivity contribution is 0.413. The Kier molecular flexibility index (Phi) is 5.15. The summed E-state index contributed by atoms with van der Waals surface area (Å²) in [5.41, 5.74) is 3.90. The number of methoxy groups -OCH3 is 1. The van der Waals surface area contributed by atoms with Gasteiger partial charge in [-0.05, 0) is 42.0 Å². The summed E-state index contributed by atoms with van der Waals surface area (Å²) in [4.78, 5) is 0. The summed E-state index contributed by atoms with van der Waals surface area (Å²) < 4.78 is 20.9. The number of halogens is 3. The van der Waals surface area contributed by atoms with Gasteiger partial charge in [0.1, 0.15) is 11.6 Å². The van der Waals surface area contributed by atoms with Crippen molar-refractivity contribution in [2.75, 3.05) is 7.11 Å². The Morgan fingerprint density at radius 2 is 1.90 bits per heavy atom. The molecular weight excluding hydrogens is 391 g/mol. The van der Waals surface area contributed by atoms with Gasteiger partial charge in [0.15, 0.2) is 0 Å². The normalized spacial score (nSPS) is 12.2. The molecule has 0 aliphatic carbocycles. The number of hydrogen-bond donors (Lipinski definition) is 2. The first-order valence-electron chi connectivity index (χ1n) is 5.81. The molecule has 3 nitrogen and oxygen atoms in total. The topological polar surface area (TPSA) is 47.3 Å². The van der Waals surface area contributed by atoms with Gasteiger partial charge in [-0.3, -0.25) is 5.84 Å². The average Bonchev–Trinajstić information content (AvgIpc) is 2.45. The zero-order chi connectivity index (χ0) is 14.7. The van der Waals surface area contributed by atoms with Crippen molar-refractivity contribution in [2.24, 2.45) is 5.84 Å². The van der Waals surface area contributed by atoms with E-state index >= 15 is 0 Å². The van der Waals surface area contributed by atoms with Crippen LogP contribution in [-0.2, 0) is 0 Å². The van der Waals surface area contributed by atoms with Crippen molar-refractivity contribution in [3.05, 3.63) is 62.3 Å². The van der Waals surface area contributed by atoms with Gasteiger partial charge in [-0.25, -0.2) is 9.82 Å². The second-order valence-electron chi connectivity index (χ2n) is 4.15. The molecule has 0 aromatic heterocycles. The Morgan fingerprint density at radius 3 is 2.55 bits per heavy atom. The highest BCUT2D eigenvalue weighted by Crippen LogP contribution is 2.33. The molecule has 0 spiro atoms. The van der Waals surface area contributed by atoms with Gasteiger partial charge in [0.05, 0.1) is 13.2 Å². The molecule has 6 heteroatoms. The van der Waals surface area contributed by atoms with Crippen molar-refractivity contribution in [3.63, 3.8) is 0 Å². The number of rotatable bonds is 4. The van der Waals surface area contributed by atoms with Crippen LogP contribution in [0, 0.1) is 5.82 Å². The number of hydrogen-bond acceptors (Lipinski definition) is 3. The molecule has 0 saturated heterocycles. The van der Waals surface area contributed by atoms with Crippen LogP contribution < -0.4 is 16.0 Å². The summed E-state index contributed by atoms with van der Waals surface area (Å²) in [5, 5.41) is 0. The second kappa shape index (κ2) is 6.67. The average molecular weight is 404 g/mol. The van der Waals surface area contributed by atoms with E-state index in [9.17, 15) is 4.39 Å². The lowest BCUT2D eigenvalue weighted by Gasteiger charge is -2.20. The predicted octanol–water partition coefficient (Wildman–Crippen LogP) is 3.91. The smallest absolute Gasteiger partial charge is 0.128 e. The number of nitrogens with one attached hydrogen (secondary N) is 1. The molecule has 1 atom stereocenters. The third-order valence-electron chi connectivity index (χ3n) is 2.95. The van der Waals surface area contributed by atoms with Crippen LogP contribution in [0.15, 0.2) is 45.3 Å². The van der Waals surface area contributed by atoms with Crippen LogP contribution in [0.25, 0.3) is 0 Å². The van der Waals surface area contributed by atoms with Gasteiger partial charge >= 0.3 is 0 Å². The molecule has 0 fully saturated rings. The van der Waals surface area contributed by atoms with Crippen molar-refractivity contribution >= 4 is 31.9 Å². The highest BCUT2D eigenvalue weighted by molar-refractivity contribution is 9.10. The fourth-order valence-corrected chi connectivity index (χ4v) is 2.81. The molecule has 2 rings (SSSR count). The van der Waals surface area contributed by atoms with Gasteiger partial charge in [0.2, 0.25) is 0 Å². The van der Waals surface area contributed by atoms with Crippen LogP contribution in [0.4, 0.5) is 4.39 Å². The summed E-state index contributed by atoms with van der Waals surface area (Å²) in [7, 11) is 1.58. The van der Waals surface area contributed by atoms with Crippen molar-refractivity contribution in [1.29, 1.82) is 0 Å². The SMILES string of the molecule is COc1ccc(Br)c(C(NN)c2cc(Br)ccc2F)c1. The molecule has 0 radical (unpaired) electrons. The maximum Gasteiger partial charge on any atom is 0.128 e. The molecule has 0 amide bonds. The molecule has 0 heterocycles. The Balaban J connectivity index is 2.54. The van der Waals surface area contributed by atoms with E-state index in [1.165, 1.54) is 6.07 Å². The molecule has 2 aromatic carbocycles. The highest BCUT2D eigenvalue weighted by Gasteiger charge is 2.20. The fraction of sp³-hybridized carbons (Fsp3) is 0.143. The maximum atomic E-state index is 14.0. The van der Waals surface area contributed by atoms with E-state index in [-0.39, 0.29) is 5.82 Å². The summed E-state index contributed by atoms with van der Waals surface area (Å²) in [6, 6.07) is 9.73. The lowest BCUT2D eigenvalue weighted by Crippen LogP contribution is -2.29. The standard InChI is InChI=1S/C14H13Br2FN2O/c1-20-9-3-4-12(16)10(7-9)14(19-18)11-6-8(15)2-5-13(11)17/h2-7,14,19H,18H2,1H3. The molecule has 0 aliphatic heterocycles. The van der Waals surface area contributed by atoms with E-state index < -0.39 is 6.04 Å². The quantitative estimate of drug-likeness (QED) is 0.600. The van der Waals surface area contributed by atoms with E-state index in [1.807, 2.05) is 18.2 Å². The van der Waals surface area contributed by atoms with Crippen LogP contribution in [0.3, 0.4) is 0 Å². The molecule has 106 valence electrons. The number of hydrazine groups is 1. The summed E-state index contributed by atoms with van der Waals surface area (Å²) in [5.74, 6) is 5.97. The van der Waals surface area contributed by atoms with Crippen molar-refractivity contribution in [1.82, 2.24) is 5.43 Å². The van der Waals surface area contributed by atoms with E-state index in [2.05, 4.69) is 37.3 Å². The first-order chi connectivity index (χ1) is 9.56. The zero-order valence-electron chi connectivity index (χ0n) is 10.7. The predicted molar refractivity (Wildman–Crippen MR) is 84.0 cm³/mol. The third kappa shape index (κ3) is 3.20. The molecule has 0 aliphatic rings. The number of ether oxygens (including phenoxy) is 1. The van der Waals surface area contributed by atoms with Crippen molar-refractivity contribution in [2.45, 2.75) is 6.04 Å². The number of benzene rings is 2. The van der Waals surface area contributed by atoms with Gasteiger partial charge in [-0.1, -0.05) is 31.9 Å².